The smallest absolute Gasteiger partial charge is 0.277 e. The molecule has 3 aromatic heterocycles. The van der Waals surface area contributed by atoms with Crippen LogP contribution in [-0.2, 0) is 13.0 Å². The molecule has 7 heteroatoms. The van der Waals surface area contributed by atoms with Crippen molar-refractivity contribution < 1.29 is 0 Å². The second-order valence-electron chi connectivity index (χ2n) is 5.26. The van der Waals surface area contributed by atoms with Crippen LogP contribution in [0.2, 0.25) is 0 Å². The Labute approximate surface area is 129 Å². The average Bonchev–Trinajstić information content (AvgIpc) is 3.04. The van der Waals surface area contributed by atoms with Crippen LogP contribution in [-0.4, -0.2) is 24.5 Å². The predicted molar refractivity (Wildman–Crippen MR) is 86.4 cm³/mol. The van der Waals surface area contributed by atoms with Gasteiger partial charge in [0.1, 0.15) is 11.3 Å². The van der Waals surface area contributed by atoms with Crippen molar-refractivity contribution >= 4 is 21.9 Å². The minimum atomic E-state index is -0.170. The molecule has 4 rings (SSSR count). The molecule has 0 spiro atoms. The van der Waals surface area contributed by atoms with E-state index in [-0.39, 0.29) is 11.1 Å². The van der Waals surface area contributed by atoms with E-state index in [9.17, 15) is 9.59 Å². The van der Waals surface area contributed by atoms with Crippen molar-refractivity contribution in [1.82, 2.24) is 24.5 Å². The first-order valence-corrected chi connectivity index (χ1v) is 7.23. The Bertz CT molecular complexity index is 1120. The van der Waals surface area contributed by atoms with E-state index in [2.05, 4.69) is 19.9 Å². The van der Waals surface area contributed by atoms with Gasteiger partial charge in [0.15, 0.2) is 0 Å². The Morgan fingerprint density at radius 2 is 1.96 bits per heavy atom. The molecule has 0 radical (unpaired) electrons. The summed E-state index contributed by atoms with van der Waals surface area (Å²) in [7, 11) is 0. The van der Waals surface area contributed by atoms with Gasteiger partial charge in [-0.2, -0.15) is 0 Å². The lowest BCUT2D eigenvalue weighted by atomic mass is 10.2. The average molecular weight is 307 g/mol. The Kier molecular flexibility index (Phi) is 3.04. The zero-order valence-electron chi connectivity index (χ0n) is 12.1. The third-order valence-electron chi connectivity index (χ3n) is 3.79. The zero-order chi connectivity index (χ0) is 15.8. The van der Waals surface area contributed by atoms with Gasteiger partial charge < -0.3 is 9.97 Å². The molecule has 7 nitrogen and oxygen atoms in total. The van der Waals surface area contributed by atoms with Crippen LogP contribution in [0.4, 0.5) is 0 Å². The summed E-state index contributed by atoms with van der Waals surface area (Å²) in [6.45, 7) is 0.391. The maximum atomic E-state index is 12.3. The number of aromatic nitrogens is 5. The van der Waals surface area contributed by atoms with E-state index >= 15 is 0 Å². The van der Waals surface area contributed by atoms with Crippen molar-refractivity contribution in [3.05, 3.63) is 69.4 Å². The van der Waals surface area contributed by atoms with Crippen molar-refractivity contribution in [3.8, 4) is 0 Å². The van der Waals surface area contributed by atoms with Gasteiger partial charge in [-0.15, -0.1) is 0 Å². The summed E-state index contributed by atoms with van der Waals surface area (Å²) in [5.41, 5.74) is 1.46. The van der Waals surface area contributed by atoms with Gasteiger partial charge in [0.2, 0.25) is 0 Å². The number of rotatable bonds is 3. The standard InChI is InChI=1S/C16H13N5O2/c22-15-10-3-1-2-4-11(10)19-13(20-15)6-8-21-9-18-12-5-7-17-14(12)16(21)23/h1-5,7,9,17H,6,8H2,(H,19,20,22). The molecule has 3 heterocycles. The second kappa shape index (κ2) is 5.20. The van der Waals surface area contributed by atoms with Gasteiger partial charge in [-0.1, -0.05) is 12.1 Å². The number of hydrogen-bond acceptors (Lipinski definition) is 4. The minimum Gasteiger partial charge on any atom is -0.355 e. The third kappa shape index (κ3) is 2.32. The fraction of sp³-hybridized carbons (Fsp3) is 0.125. The highest BCUT2D eigenvalue weighted by Gasteiger charge is 2.07. The van der Waals surface area contributed by atoms with E-state index in [1.165, 1.54) is 10.9 Å². The molecule has 114 valence electrons. The van der Waals surface area contributed by atoms with Crippen LogP contribution >= 0.6 is 0 Å². The Balaban J connectivity index is 1.67. The lowest BCUT2D eigenvalue weighted by Gasteiger charge is -2.06. The third-order valence-corrected chi connectivity index (χ3v) is 3.79. The van der Waals surface area contributed by atoms with E-state index in [0.717, 1.165) is 0 Å². The van der Waals surface area contributed by atoms with Crippen molar-refractivity contribution in [2.24, 2.45) is 0 Å². The number of aryl methyl sites for hydroxylation is 2. The Morgan fingerprint density at radius 1 is 1.09 bits per heavy atom. The summed E-state index contributed by atoms with van der Waals surface area (Å²) in [6.07, 6.45) is 3.64. The van der Waals surface area contributed by atoms with Crippen molar-refractivity contribution in [1.29, 1.82) is 0 Å². The number of nitrogens with one attached hydrogen (secondary N) is 2. The molecule has 23 heavy (non-hydrogen) atoms. The van der Waals surface area contributed by atoms with Crippen LogP contribution in [0.1, 0.15) is 5.82 Å². The van der Waals surface area contributed by atoms with Gasteiger partial charge in [0, 0.05) is 19.2 Å². The van der Waals surface area contributed by atoms with Gasteiger partial charge in [-0.05, 0) is 18.2 Å². The SMILES string of the molecule is O=c1[nH]c(CCn2cnc3cc[nH]c3c2=O)nc2ccccc12. The zero-order valence-corrected chi connectivity index (χ0v) is 12.1. The van der Waals surface area contributed by atoms with Gasteiger partial charge >= 0.3 is 0 Å². The number of H-pyrrole nitrogens is 2. The summed E-state index contributed by atoms with van der Waals surface area (Å²) in [4.78, 5) is 38.6. The van der Waals surface area contributed by atoms with Crippen LogP contribution in [0.25, 0.3) is 21.9 Å². The number of para-hydroxylation sites is 1. The molecular formula is C16H13N5O2. The molecule has 0 aliphatic rings. The molecule has 0 saturated carbocycles. The molecule has 1 aromatic carbocycles. The van der Waals surface area contributed by atoms with Crippen LogP contribution < -0.4 is 11.1 Å². The summed E-state index contributed by atoms with van der Waals surface area (Å²) >= 11 is 0. The molecule has 0 amide bonds. The quantitative estimate of drug-likeness (QED) is 0.594. The molecule has 2 N–H and O–H groups in total. The van der Waals surface area contributed by atoms with Crippen LogP contribution in [0.5, 0.6) is 0 Å². The fourth-order valence-electron chi connectivity index (χ4n) is 2.61. The summed E-state index contributed by atoms with van der Waals surface area (Å²) in [5.74, 6) is 0.548. The maximum absolute atomic E-state index is 12.3. The van der Waals surface area contributed by atoms with E-state index in [1.807, 2.05) is 6.07 Å². The summed E-state index contributed by atoms with van der Waals surface area (Å²) in [5, 5.41) is 0.558. The van der Waals surface area contributed by atoms with Gasteiger partial charge in [-0.25, -0.2) is 9.97 Å². The lowest BCUT2D eigenvalue weighted by Crippen LogP contribution is -2.22. The van der Waals surface area contributed by atoms with Crippen molar-refractivity contribution in [2.75, 3.05) is 0 Å². The van der Waals surface area contributed by atoms with E-state index < -0.39 is 0 Å². The topological polar surface area (TPSA) is 96.4 Å². The molecular weight excluding hydrogens is 294 g/mol. The van der Waals surface area contributed by atoms with Crippen molar-refractivity contribution in [3.63, 3.8) is 0 Å². The van der Waals surface area contributed by atoms with Crippen LogP contribution in [0, 0.1) is 0 Å². The first-order valence-electron chi connectivity index (χ1n) is 7.23. The van der Waals surface area contributed by atoms with E-state index in [4.69, 9.17) is 0 Å². The largest absolute Gasteiger partial charge is 0.355 e. The molecule has 4 aromatic rings. The molecule has 0 unspecified atom stereocenters. The number of hydrogen-bond donors (Lipinski definition) is 2. The summed E-state index contributed by atoms with van der Waals surface area (Å²) in [6, 6.07) is 8.93. The van der Waals surface area contributed by atoms with Gasteiger partial charge in [-0.3, -0.25) is 14.2 Å². The first-order chi connectivity index (χ1) is 11.2. The molecule has 0 fully saturated rings. The Morgan fingerprint density at radius 3 is 2.87 bits per heavy atom. The second-order valence-corrected chi connectivity index (χ2v) is 5.26. The molecule has 0 atom stereocenters. The number of aromatic amines is 2. The highest BCUT2D eigenvalue weighted by Crippen LogP contribution is 2.06. The minimum absolute atomic E-state index is 0.136. The highest BCUT2D eigenvalue weighted by atomic mass is 16.1. The molecule has 0 aliphatic heterocycles. The van der Waals surface area contributed by atoms with Crippen LogP contribution in [0.15, 0.2) is 52.4 Å². The fourth-order valence-corrected chi connectivity index (χ4v) is 2.61. The van der Waals surface area contributed by atoms with Crippen LogP contribution in [0.3, 0.4) is 0 Å². The molecule has 0 saturated heterocycles. The predicted octanol–water partition coefficient (Wildman–Crippen LogP) is 1.20. The van der Waals surface area contributed by atoms with Gasteiger partial charge in [0.25, 0.3) is 11.1 Å². The first kappa shape index (κ1) is 13.4. The Hall–Kier alpha value is -3.22. The van der Waals surface area contributed by atoms with E-state index in [0.29, 0.717) is 40.7 Å². The molecule has 0 bridgehead atoms. The summed E-state index contributed by atoms with van der Waals surface area (Å²) < 4.78 is 1.51. The highest BCUT2D eigenvalue weighted by molar-refractivity contribution is 5.77. The normalized spacial score (nSPS) is 11.3. The number of benzene rings is 1. The number of fused-ring (bicyclic) bond motifs is 2. The monoisotopic (exact) mass is 307 g/mol. The maximum Gasteiger partial charge on any atom is 0.277 e. The lowest BCUT2D eigenvalue weighted by molar-refractivity contribution is 0.642. The number of nitrogens with zero attached hydrogens (tertiary/aromatic N) is 3. The van der Waals surface area contributed by atoms with Gasteiger partial charge in [0.05, 0.1) is 22.7 Å². The van der Waals surface area contributed by atoms with Crippen molar-refractivity contribution in [2.45, 2.75) is 13.0 Å². The molecule has 0 aliphatic carbocycles. The van der Waals surface area contributed by atoms with E-state index in [1.54, 1.807) is 30.5 Å².